The lowest BCUT2D eigenvalue weighted by molar-refractivity contribution is -0.111. The molecular weight excluding hydrogens is 352 g/mol. The molecule has 0 aliphatic carbocycles. The van der Waals surface area contributed by atoms with Gasteiger partial charge in [-0.1, -0.05) is 42.5 Å². The van der Waals surface area contributed by atoms with Gasteiger partial charge >= 0.3 is 0 Å². The highest BCUT2D eigenvalue weighted by Gasteiger charge is 2.34. The third-order valence-corrected chi connectivity index (χ3v) is 5.28. The van der Waals surface area contributed by atoms with E-state index in [2.05, 4.69) is 48.4 Å². The van der Waals surface area contributed by atoms with Gasteiger partial charge in [0.2, 0.25) is 5.91 Å². The minimum atomic E-state index is -0.307. The first-order valence-corrected chi connectivity index (χ1v) is 9.49. The SMILES string of the molecule is C=CC(=O)Nc1cccc(C(=O)NCC2(c3ccc(C)cc3)CCOCC2)c1. The zero-order valence-corrected chi connectivity index (χ0v) is 16.2. The Morgan fingerprint density at radius 1 is 1.14 bits per heavy atom. The van der Waals surface area contributed by atoms with Crippen LogP contribution < -0.4 is 10.6 Å². The summed E-state index contributed by atoms with van der Waals surface area (Å²) in [5.74, 6) is -0.467. The minimum Gasteiger partial charge on any atom is -0.381 e. The van der Waals surface area contributed by atoms with Gasteiger partial charge < -0.3 is 15.4 Å². The number of hydrogen-bond donors (Lipinski definition) is 2. The van der Waals surface area contributed by atoms with Crippen molar-refractivity contribution in [2.75, 3.05) is 25.1 Å². The number of ether oxygens (including phenoxy) is 1. The van der Waals surface area contributed by atoms with Gasteiger partial charge in [0, 0.05) is 36.4 Å². The van der Waals surface area contributed by atoms with Crippen molar-refractivity contribution in [2.24, 2.45) is 0 Å². The van der Waals surface area contributed by atoms with Crippen LogP contribution in [0.25, 0.3) is 0 Å². The number of benzene rings is 2. The first-order valence-electron chi connectivity index (χ1n) is 9.49. The van der Waals surface area contributed by atoms with Crippen LogP contribution in [-0.4, -0.2) is 31.6 Å². The number of amides is 2. The third kappa shape index (κ3) is 4.67. The maximum atomic E-state index is 12.7. The predicted octanol–water partition coefficient (Wildman–Crippen LogP) is 3.60. The molecule has 1 aliphatic rings. The smallest absolute Gasteiger partial charge is 0.251 e. The van der Waals surface area contributed by atoms with Crippen LogP contribution in [0.15, 0.2) is 61.2 Å². The summed E-state index contributed by atoms with van der Waals surface area (Å²) in [6.07, 6.45) is 2.93. The standard InChI is InChI=1S/C23H26N2O3/c1-3-21(26)25-20-6-4-5-18(15-20)22(27)24-16-23(11-13-28-14-12-23)19-9-7-17(2)8-10-19/h3-10,15H,1,11-14,16H2,2H3,(H,24,27)(H,25,26). The Kier molecular flexibility index (Phi) is 6.26. The topological polar surface area (TPSA) is 67.4 Å². The van der Waals surface area contributed by atoms with Crippen LogP contribution in [0.1, 0.15) is 34.3 Å². The molecule has 2 amide bonds. The zero-order chi connectivity index (χ0) is 20.0. The zero-order valence-electron chi connectivity index (χ0n) is 16.2. The fourth-order valence-corrected chi connectivity index (χ4v) is 3.52. The summed E-state index contributed by atoms with van der Waals surface area (Å²) in [6.45, 7) is 7.42. The van der Waals surface area contributed by atoms with E-state index >= 15 is 0 Å². The van der Waals surface area contributed by atoms with E-state index < -0.39 is 0 Å². The number of nitrogens with one attached hydrogen (secondary N) is 2. The van der Waals surface area contributed by atoms with Crippen LogP contribution in [0.2, 0.25) is 0 Å². The molecule has 2 N–H and O–H groups in total. The molecule has 0 unspecified atom stereocenters. The van der Waals surface area contributed by atoms with E-state index in [9.17, 15) is 9.59 Å². The summed E-state index contributed by atoms with van der Waals surface area (Å²) < 4.78 is 5.56. The number of aryl methyl sites for hydroxylation is 1. The Hall–Kier alpha value is -2.92. The molecule has 5 heteroatoms. The number of carbonyl (C=O) groups excluding carboxylic acids is 2. The molecule has 0 radical (unpaired) electrons. The Morgan fingerprint density at radius 2 is 1.86 bits per heavy atom. The summed E-state index contributed by atoms with van der Waals surface area (Å²) >= 11 is 0. The molecule has 1 heterocycles. The quantitative estimate of drug-likeness (QED) is 0.755. The van der Waals surface area contributed by atoms with Crippen LogP contribution in [0, 0.1) is 6.92 Å². The summed E-state index contributed by atoms with van der Waals surface area (Å²) in [6, 6.07) is 15.4. The Labute approximate surface area is 165 Å². The summed E-state index contributed by atoms with van der Waals surface area (Å²) in [5.41, 5.74) is 3.39. The molecule has 0 saturated carbocycles. The molecule has 146 valence electrons. The molecule has 0 atom stereocenters. The number of anilines is 1. The predicted molar refractivity (Wildman–Crippen MR) is 111 cm³/mol. The summed E-state index contributed by atoms with van der Waals surface area (Å²) in [4.78, 5) is 24.2. The Balaban J connectivity index is 1.74. The van der Waals surface area contributed by atoms with Gasteiger partial charge in [-0.25, -0.2) is 0 Å². The normalized spacial score (nSPS) is 15.5. The average Bonchev–Trinajstić information content (AvgIpc) is 2.73. The number of rotatable bonds is 6. The minimum absolute atomic E-state index is 0.129. The van der Waals surface area contributed by atoms with E-state index in [0.717, 1.165) is 12.8 Å². The molecule has 5 nitrogen and oxygen atoms in total. The Morgan fingerprint density at radius 3 is 2.54 bits per heavy atom. The van der Waals surface area contributed by atoms with Gasteiger partial charge in [0.25, 0.3) is 5.91 Å². The average molecular weight is 378 g/mol. The van der Waals surface area contributed by atoms with Crippen molar-refractivity contribution >= 4 is 17.5 Å². The lowest BCUT2D eigenvalue weighted by atomic mass is 9.74. The van der Waals surface area contributed by atoms with E-state index in [1.807, 2.05) is 0 Å². The van der Waals surface area contributed by atoms with E-state index in [4.69, 9.17) is 4.74 Å². The van der Waals surface area contributed by atoms with Crippen molar-refractivity contribution in [1.29, 1.82) is 0 Å². The second-order valence-corrected chi connectivity index (χ2v) is 7.22. The maximum Gasteiger partial charge on any atom is 0.251 e. The van der Waals surface area contributed by atoms with Crippen molar-refractivity contribution in [3.05, 3.63) is 77.9 Å². The highest BCUT2D eigenvalue weighted by Crippen LogP contribution is 2.34. The van der Waals surface area contributed by atoms with Crippen molar-refractivity contribution in [3.63, 3.8) is 0 Å². The molecule has 0 bridgehead atoms. The van der Waals surface area contributed by atoms with Crippen LogP contribution in [0.4, 0.5) is 5.69 Å². The van der Waals surface area contributed by atoms with Crippen LogP contribution >= 0.6 is 0 Å². The van der Waals surface area contributed by atoms with E-state index in [1.54, 1.807) is 24.3 Å². The van der Waals surface area contributed by atoms with Crippen molar-refractivity contribution in [2.45, 2.75) is 25.2 Å². The van der Waals surface area contributed by atoms with Gasteiger partial charge in [0.1, 0.15) is 0 Å². The van der Waals surface area contributed by atoms with Crippen LogP contribution in [0.5, 0.6) is 0 Å². The second kappa shape index (κ2) is 8.85. The molecule has 1 fully saturated rings. The lowest BCUT2D eigenvalue weighted by Crippen LogP contribution is -2.44. The molecular formula is C23H26N2O3. The third-order valence-electron chi connectivity index (χ3n) is 5.28. The van der Waals surface area contributed by atoms with Crippen molar-refractivity contribution < 1.29 is 14.3 Å². The fraction of sp³-hybridized carbons (Fsp3) is 0.304. The monoisotopic (exact) mass is 378 g/mol. The van der Waals surface area contributed by atoms with E-state index in [1.165, 1.54) is 17.2 Å². The molecule has 2 aromatic carbocycles. The highest BCUT2D eigenvalue weighted by molar-refractivity contribution is 6.00. The van der Waals surface area contributed by atoms with Gasteiger partial charge in [-0.15, -0.1) is 0 Å². The summed E-state index contributed by atoms with van der Waals surface area (Å²) in [7, 11) is 0. The van der Waals surface area contributed by atoms with Gasteiger partial charge in [-0.3, -0.25) is 9.59 Å². The first-order chi connectivity index (χ1) is 13.5. The van der Waals surface area contributed by atoms with Gasteiger partial charge in [-0.05, 0) is 49.6 Å². The number of hydrogen-bond acceptors (Lipinski definition) is 3. The van der Waals surface area contributed by atoms with E-state index in [-0.39, 0.29) is 17.2 Å². The molecule has 3 rings (SSSR count). The van der Waals surface area contributed by atoms with Gasteiger partial charge in [0.05, 0.1) is 0 Å². The molecule has 1 aliphatic heterocycles. The van der Waals surface area contributed by atoms with Crippen LogP contribution in [0.3, 0.4) is 0 Å². The van der Waals surface area contributed by atoms with Crippen LogP contribution in [-0.2, 0) is 14.9 Å². The largest absolute Gasteiger partial charge is 0.381 e. The highest BCUT2D eigenvalue weighted by atomic mass is 16.5. The molecule has 0 spiro atoms. The van der Waals surface area contributed by atoms with E-state index in [0.29, 0.717) is 31.0 Å². The van der Waals surface area contributed by atoms with Crippen molar-refractivity contribution in [3.8, 4) is 0 Å². The molecule has 1 saturated heterocycles. The van der Waals surface area contributed by atoms with Crippen molar-refractivity contribution in [1.82, 2.24) is 5.32 Å². The Bertz CT molecular complexity index is 852. The second-order valence-electron chi connectivity index (χ2n) is 7.22. The molecule has 0 aromatic heterocycles. The molecule has 2 aromatic rings. The lowest BCUT2D eigenvalue weighted by Gasteiger charge is -2.38. The maximum absolute atomic E-state index is 12.7. The molecule has 28 heavy (non-hydrogen) atoms. The van der Waals surface area contributed by atoms with Gasteiger partial charge in [0.15, 0.2) is 0 Å². The fourth-order valence-electron chi connectivity index (χ4n) is 3.52. The first kappa shape index (κ1) is 19.8. The summed E-state index contributed by atoms with van der Waals surface area (Å²) in [5, 5.41) is 5.77. The number of carbonyl (C=O) groups is 2. The van der Waals surface area contributed by atoms with Gasteiger partial charge in [-0.2, -0.15) is 0 Å².